The number of nitrogens with zero attached hydrogens (tertiary/aromatic N) is 1. The molecular formula is C14H12N2O3. The van der Waals surface area contributed by atoms with Crippen molar-refractivity contribution in [1.29, 1.82) is 0 Å². The van der Waals surface area contributed by atoms with Crippen molar-refractivity contribution >= 4 is 16.9 Å². The Morgan fingerprint density at radius 1 is 1.21 bits per heavy atom. The number of nitrogens with one attached hydrogen (secondary N) is 1. The number of carboxylic acids is 1. The monoisotopic (exact) mass is 256 g/mol. The first-order valence-electron chi connectivity index (χ1n) is 5.77. The van der Waals surface area contributed by atoms with Gasteiger partial charge in [0, 0.05) is 24.0 Å². The third-order valence-corrected chi connectivity index (χ3v) is 3.22. The first kappa shape index (κ1) is 11.4. The molecule has 2 aromatic heterocycles. The highest BCUT2D eigenvalue weighted by molar-refractivity contribution is 5.89. The number of carbonyl (C=O) groups is 1. The van der Waals surface area contributed by atoms with Gasteiger partial charge in [-0.2, -0.15) is 0 Å². The number of hydrogen-bond acceptors (Lipinski definition) is 2. The van der Waals surface area contributed by atoms with Crippen molar-refractivity contribution in [2.24, 2.45) is 7.05 Å². The average Bonchev–Trinajstić information content (AvgIpc) is 2.91. The Bertz CT molecular complexity index is 783. The van der Waals surface area contributed by atoms with Gasteiger partial charge in [-0.3, -0.25) is 0 Å². The predicted molar refractivity (Wildman–Crippen MR) is 71.3 cm³/mol. The lowest BCUT2D eigenvalue weighted by molar-refractivity contribution is 0.0687. The van der Waals surface area contributed by atoms with Crippen LogP contribution in [0.5, 0.6) is 5.75 Å². The van der Waals surface area contributed by atoms with Gasteiger partial charge in [-0.25, -0.2) is 4.79 Å². The summed E-state index contributed by atoms with van der Waals surface area (Å²) in [5.74, 6) is -0.762. The van der Waals surface area contributed by atoms with Gasteiger partial charge in [0.25, 0.3) is 0 Å². The van der Waals surface area contributed by atoms with Gasteiger partial charge < -0.3 is 19.8 Å². The molecule has 3 rings (SSSR count). The van der Waals surface area contributed by atoms with Crippen molar-refractivity contribution in [2.75, 3.05) is 0 Å². The van der Waals surface area contributed by atoms with Crippen LogP contribution in [0.25, 0.3) is 22.3 Å². The highest BCUT2D eigenvalue weighted by Gasteiger charge is 2.13. The molecule has 96 valence electrons. The zero-order chi connectivity index (χ0) is 13.6. The summed E-state index contributed by atoms with van der Waals surface area (Å²) in [6.07, 6.45) is 0. The Morgan fingerprint density at radius 2 is 2.00 bits per heavy atom. The molecule has 0 bridgehead atoms. The lowest BCUT2D eigenvalue weighted by Crippen LogP contribution is -2.05. The first-order chi connectivity index (χ1) is 9.06. The number of aromatic carboxylic acids is 1. The molecule has 0 unspecified atom stereocenters. The maximum absolute atomic E-state index is 11.0. The number of aromatic hydroxyl groups is 1. The highest BCUT2D eigenvalue weighted by Crippen LogP contribution is 2.27. The lowest BCUT2D eigenvalue weighted by Gasteiger charge is -2.02. The largest absolute Gasteiger partial charge is 0.508 e. The zero-order valence-electron chi connectivity index (χ0n) is 10.2. The molecule has 5 heteroatoms. The summed E-state index contributed by atoms with van der Waals surface area (Å²) in [6.45, 7) is 0. The molecular weight excluding hydrogens is 244 g/mol. The number of carboxylic acid groups (broad SMARTS) is 1. The molecule has 0 fully saturated rings. The Morgan fingerprint density at radius 3 is 2.68 bits per heavy atom. The van der Waals surface area contributed by atoms with Crippen LogP contribution in [0.1, 0.15) is 10.5 Å². The van der Waals surface area contributed by atoms with Gasteiger partial charge in [-0.05, 0) is 30.3 Å². The smallest absolute Gasteiger partial charge is 0.352 e. The average molecular weight is 256 g/mol. The number of hydrogen-bond donors (Lipinski definition) is 3. The fraction of sp³-hybridized carbons (Fsp3) is 0.0714. The van der Waals surface area contributed by atoms with E-state index in [9.17, 15) is 9.90 Å². The predicted octanol–water partition coefficient (Wildman–Crippen LogP) is 2.58. The van der Waals surface area contributed by atoms with E-state index in [1.54, 1.807) is 35.9 Å². The normalized spacial score (nSPS) is 11.0. The molecule has 19 heavy (non-hydrogen) atoms. The molecule has 0 spiro atoms. The standard InChI is InChI=1S/C14H12N2O3/c1-16-12(4-5-13(16)14(18)19)11-6-8-2-3-9(17)7-10(8)15-11/h2-7,15,17H,1H3,(H,18,19). The lowest BCUT2D eigenvalue weighted by atomic mass is 10.2. The second-order valence-corrected chi connectivity index (χ2v) is 4.42. The second kappa shape index (κ2) is 3.91. The summed E-state index contributed by atoms with van der Waals surface area (Å²) in [7, 11) is 1.71. The van der Waals surface area contributed by atoms with Gasteiger partial charge >= 0.3 is 5.97 Å². The SMILES string of the molecule is Cn1c(C(=O)O)ccc1-c1cc2ccc(O)cc2[nH]1. The maximum atomic E-state index is 11.0. The van der Waals surface area contributed by atoms with Gasteiger partial charge in [0.2, 0.25) is 0 Å². The number of H-pyrrole nitrogens is 1. The third kappa shape index (κ3) is 1.76. The number of phenolic OH excluding ortho intramolecular Hbond substituents is 1. The molecule has 3 N–H and O–H groups in total. The molecule has 0 aliphatic heterocycles. The van der Waals surface area contributed by atoms with Gasteiger partial charge in [-0.1, -0.05) is 0 Å². The summed E-state index contributed by atoms with van der Waals surface area (Å²) in [4.78, 5) is 14.2. The van der Waals surface area contributed by atoms with Crippen molar-refractivity contribution in [3.8, 4) is 17.1 Å². The van der Waals surface area contributed by atoms with E-state index in [4.69, 9.17) is 5.11 Å². The quantitative estimate of drug-likeness (QED) is 0.659. The Labute approximate surface area is 108 Å². The third-order valence-electron chi connectivity index (χ3n) is 3.22. The van der Waals surface area contributed by atoms with E-state index in [1.165, 1.54) is 0 Å². The van der Waals surface area contributed by atoms with Crippen LogP contribution in [0.15, 0.2) is 36.4 Å². The highest BCUT2D eigenvalue weighted by atomic mass is 16.4. The summed E-state index contributed by atoms with van der Waals surface area (Å²) >= 11 is 0. The molecule has 0 saturated carbocycles. The topological polar surface area (TPSA) is 78.2 Å². The van der Waals surface area contributed by atoms with E-state index < -0.39 is 5.97 Å². The minimum absolute atomic E-state index is 0.194. The Kier molecular flexibility index (Phi) is 2.35. The van der Waals surface area contributed by atoms with Crippen LogP contribution in [0, 0.1) is 0 Å². The van der Waals surface area contributed by atoms with Gasteiger partial charge in [-0.15, -0.1) is 0 Å². The van der Waals surface area contributed by atoms with Crippen molar-refractivity contribution < 1.29 is 15.0 Å². The number of benzene rings is 1. The summed E-state index contributed by atoms with van der Waals surface area (Å²) in [5, 5.41) is 19.4. The molecule has 0 aliphatic carbocycles. The molecule has 0 saturated heterocycles. The van der Waals surface area contributed by atoms with Crippen LogP contribution >= 0.6 is 0 Å². The van der Waals surface area contributed by atoms with Crippen LogP contribution in [0.4, 0.5) is 0 Å². The van der Waals surface area contributed by atoms with E-state index in [0.29, 0.717) is 0 Å². The Hall–Kier alpha value is -2.69. The molecule has 2 heterocycles. The number of rotatable bonds is 2. The fourth-order valence-electron chi connectivity index (χ4n) is 2.25. The number of aromatic amines is 1. The molecule has 1 aromatic carbocycles. The Balaban J connectivity index is 2.16. The van der Waals surface area contributed by atoms with Crippen LogP contribution in [0.3, 0.4) is 0 Å². The van der Waals surface area contributed by atoms with Crippen LogP contribution < -0.4 is 0 Å². The van der Waals surface area contributed by atoms with E-state index in [-0.39, 0.29) is 11.4 Å². The first-order valence-corrected chi connectivity index (χ1v) is 5.77. The molecule has 0 aliphatic rings. The number of phenols is 1. The van der Waals surface area contributed by atoms with Crippen molar-refractivity contribution in [2.45, 2.75) is 0 Å². The summed E-state index contributed by atoms with van der Waals surface area (Å²) in [5.41, 5.74) is 2.65. The van der Waals surface area contributed by atoms with Crippen LogP contribution in [-0.4, -0.2) is 25.7 Å². The van der Waals surface area contributed by atoms with E-state index in [2.05, 4.69) is 4.98 Å². The molecule has 5 nitrogen and oxygen atoms in total. The number of fused-ring (bicyclic) bond motifs is 1. The van der Waals surface area contributed by atoms with E-state index in [0.717, 1.165) is 22.3 Å². The van der Waals surface area contributed by atoms with E-state index in [1.807, 2.05) is 12.1 Å². The van der Waals surface area contributed by atoms with Crippen LogP contribution in [0.2, 0.25) is 0 Å². The fourth-order valence-corrected chi connectivity index (χ4v) is 2.25. The maximum Gasteiger partial charge on any atom is 0.352 e. The van der Waals surface area contributed by atoms with Crippen molar-refractivity contribution in [3.63, 3.8) is 0 Å². The molecule has 3 aromatic rings. The minimum atomic E-state index is -0.956. The van der Waals surface area contributed by atoms with Crippen molar-refractivity contribution in [1.82, 2.24) is 9.55 Å². The van der Waals surface area contributed by atoms with Gasteiger partial charge in [0.1, 0.15) is 11.4 Å². The molecule has 0 amide bonds. The van der Waals surface area contributed by atoms with Gasteiger partial charge in [0.15, 0.2) is 0 Å². The van der Waals surface area contributed by atoms with Crippen LogP contribution in [-0.2, 0) is 7.05 Å². The second-order valence-electron chi connectivity index (χ2n) is 4.42. The zero-order valence-corrected chi connectivity index (χ0v) is 10.2. The molecule has 0 atom stereocenters. The number of aromatic nitrogens is 2. The summed E-state index contributed by atoms with van der Waals surface area (Å²) in [6, 6.07) is 10.3. The summed E-state index contributed by atoms with van der Waals surface area (Å²) < 4.78 is 1.62. The minimum Gasteiger partial charge on any atom is -0.508 e. The van der Waals surface area contributed by atoms with E-state index >= 15 is 0 Å². The molecule has 0 radical (unpaired) electrons. The van der Waals surface area contributed by atoms with Gasteiger partial charge in [0.05, 0.1) is 11.4 Å². The van der Waals surface area contributed by atoms with Crippen molar-refractivity contribution in [3.05, 3.63) is 42.1 Å².